The summed E-state index contributed by atoms with van der Waals surface area (Å²) in [6.07, 6.45) is 17.0. The molecule has 0 aromatic carbocycles. The van der Waals surface area contributed by atoms with Gasteiger partial charge in [-0.2, -0.15) is 0 Å². The molecular formula is C40H66O4. The third kappa shape index (κ3) is 5.23. The topological polar surface area (TPSA) is 63.6 Å². The van der Waals surface area contributed by atoms with Crippen molar-refractivity contribution in [1.82, 2.24) is 0 Å². The fourth-order valence-electron chi connectivity index (χ4n) is 13.5. The minimum Gasteiger partial charge on any atom is -0.481 e. The molecule has 250 valence electrons. The number of allylic oxidation sites excluding steroid dienone is 1. The number of carboxylic acid groups (broad SMARTS) is 1. The van der Waals surface area contributed by atoms with E-state index < -0.39 is 11.4 Å². The van der Waals surface area contributed by atoms with Crippen LogP contribution in [0.3, 0.4) is 0 Å². The summed E-state index contributed by atoms with van der Waals surface area (Å²) in [4.78, 5) is 24.5. The highest BCUT2D eigenvalue weighted by molar-refractivity contribution is 5.73. The fraction of sp³-hybridized carbons (Fsp3) is 0.900. The largest absolute Gasteiger partial charge is 0.481 e. The lowest BCUT2D eigenvalue weighted by molar-refractivity contribution is -0.250. The van der Waals surface area contributed by atoms with Gasteiger partial charge in [0.05, 0.1) is 12.8 Å². The quantitative estimate of drug-likeness (QED) is 0.208. The first-order chi connectivity index (χ1) is 20.4. The van der Waals surface area contributed by atoms with Gasteiger partial charge in [-0.3, -0.25) is 9.59 Å². The van der Waals surface area contributed by atoms with Crippen LogP contribution in [0.1, 0.15) is 159 Å². The lowest BCUT2D eigenvalue weighted by Gasteiger charge is -2.73. The molecule has 5 aliphatic rings. The lowest BCUT2D eigenvalue weighted by Crippen LogP contribution is -2.66. The SMILES string of the molecule is C=C(C)[C@@H]1CC[C@]2(CCCC)CC[C@]3(C)[C@H](CC[C@@H]4[C@@]5(C)CC[C@H](OC(=O)CC(C)(C)CC(=O)O)C(C)(C)[C@@H]5CC[C@]43C)[C@@H]12. The molecule has 10 atom stereocenters. The maximum Gasteiger partial charge on any atom is 0.306 e. The number of esters is 1. The molecule has 0 aromatic heterocycles. The normalized spacial score (nSPS) is 44.5. The van der Waals surface area contributed by atoms with Gasteiger partial charge < -0.3 is 9.84 Å². The molecule has 1 N–H and O–H groups in total. The van der Waals surface area contributed by atoms with Gasteiger partial charge in [-0.25, -0.2) is 0 Å². The summed E-state index contributed by atoms with van der Waals surface area (Å²) < 4.78 is 6.27. The number of rotatable bonds is 9. The van der Waals surface area contributed by atoms with Crippen molar-refractivity contribution in [2.75, 3.05) is 0 Å². The molecule has 44 heavy (non-hydrogen) atoms. The Kier molecular flexibility index (Phi) is 8.84. The molecule has 0 unspecified atom stereocenters. The minimum absolute atomic E-state index is 0.0232. The first-order valence-electron chi connectivity index (χ1n) is 18.4. The highest BCUT2D eigenvalue weighted by Crippen LogP contribution is 2.78. The molecule has 0 bridgehead atoms. The van der Waals surface area contributed by atoms with E-state index in [-0.39, 0.29) is 35.7 Å². The Morgan fingerprint density at radius 3 is 2.20 bits per heavy atom. The molecule has 0 spiro atoms. The number of hydrogen-bond donors (Lipinski definition) is 1. The number of hydrogen-bond acceptors (Lipinski definition) is 3. The monoisotopic (exact) mass is 610 g/mol. The van der Waals surface area contributed by atoms with Crippen LogP contribution in [0.25, 0.3) is 0 Å². The number of carboxylic acids is 1. The van der Waals surface area contributed by atoms with E-state index in [1.54, 1.807) is 0 Å². The van der Waals surface area contributed by atoms with Gasteiger partial charge in [-0.1, -0.05) is 80.4 Å². The lowest BCUT2D eigenvalue weighted by atomic mass is 9.32. The average molecular weight is 611 g/mol. The summed E-state index contributed by atoms with van der Waals surface area (Å²) >= 11 is 0. The van der Waals surface area contributed by atoms with E-state index in [2.05, 4.69) is 55.0 Å². The molecule has 5 rings (SSSR count). The number of fused-ring (bicyclic) bond motifs is 7. The summed E-state index contributed by atoms with van der Waals surface area (Å²) in [7, 11) is 0. The van der Waals surface area contributed by atoms with Gasteiger partial charge in [0, 0.05) is 5.41 Å². The number of ether oxygens (including phenoxy) is 1. The Bertz CT molecular complexity index is 1140. The second-order valence-electron chi connectivity index (χ2n) is 18.9. The van der Waals surface area contributed by atoms with Crippen LogP contribution in [0.4, 0.5) is 0 Å². The highest BCUT2D eigenvalue weighted by Gasteiger charge is 2.70. The molecule has 0 aromatic rings. The predicted molar refractivity (Wildman–Crippen MR) is 179 cm³/mol. The van der Waals surface area contributed by atoms with Gasteiger partial charge in [0.15, 0.2) is 0 Å². The van der Waals surface area contributed by atoms with Crippen molar-refractivity contribution in [2.24, 2.45) is 62.1 Å². The van der Waals surface area contributed by atoms with Gasteiger partial charge >= 0.3 is 11.9 Å². The molecule has 4 nitrogen and oxygen atoms in total. The second kappa shape index (κ2) is 11.4. The summed E-state index contributed by atoms with van der Waals surface area (Å²) in [6.45, 7) is 25.8. The Hall–Kier alpha value is -1.32. The molecule has 0 saturated heterocycles. The van der Waals surface area contributed by atoms with Crippen LogP contribution in [0.15, 0.2) is 12.2 Å². The zero-order chi connectivity index (χ0) is 32.5. The predicted octanol–water partition coefficient (Wildman–Crippen LogP) is 10.6. The van der Waals surface area contributed by atoms with Gasteiger partial charge in [-0.15, -0.1) is 0 Å². The molecule has 0 radical (unpaired) electrons. The van der Waals surface area contributed by atoms with Crippen molar-refractivity contribution in [3.63, 3.8) is 0 Å². The van der Waals surface area contributed by atoms with Gasteiger partial charge in [0.25, 0.3) is 0 Å². The van der Waals surface area contributed by atoms with Crippen LogP contribution in [-0.4, -0.2) is 23.1 Å². The molecular weight excluding hydrogens is 544 g/mol. The van der Waals surface area contributed by atoms with E-state index in [1.807, 2.05) is 13.8 Å². The smallest absolute Gasteiger partial charge is 0.306 e. The van der Waals surface area contributed by atoms with E-state index >= 15 is 0 Å². The van der Waals surface area contributed by atoms with Crippen molar-refractivity contribution >= 4 is 11.9 Å². The summed E-state index contributed by atoms with van der Waals surface area (Å²) in [5, 5.41) is 9.30. The van der Waals surface area contributed by atoms with Crippen LogP contribution in [-0.2, 0) is 14.3 Å². The van der Waals surface area contributed by atoms with E-state index in [9.17, 15) is 14.7 Å². The van der Waals surface area contributed by atoms with Gasteiger partial charge in [0.1, 0.15) is 6.10 Å². The Morgan fingerprint density at radius 1 is 0.864 bits per heavy atom. The molecule has 0 amide bonds. The molecule has 4 heteroatoms. The first kappa shape index (κ1) is 34.0. The number of aliphatic carboxylic acids is 1. The zero-order valence-electron chi connectivity index (χ0n) is 29.9. The maximum atomic E-state index is 13.2. The molecule has 5 saturated carbocycles. The third-order valence-corrected chi connectivity index (χ3v) is 15.7. The van der Waals surface area contributed by atoms with Crippen molar-refractivity contribution in [3.05, 3.63) is 12.2 Å². The third-order valence-electron chi connectivity index (χ3n) is 15.7. The Morgan fingerprint density at radius 2 is 1.57 bits per heavy atom. The Labute approximate surface area is 269 Å². The van der Waals surface area contributed by atoms with Gasteiger partial charge in [-0.05, 0) is 134 Å². The van der Waals surface area contributed by atoms with E-state index in [0.717, 1.165) is 24.7 Å². The molecule has 5 fully saturated rings. The standard InChI is InChI=1S/C40H66O4/c1-11-12-18-40-21-15-27(26(2)3)34(40)28-13-14-30-37(8)19-17-31(44-33(43)25-35(4,5)24-32(41)42)36(6,7)29(37)16-20-39(30,10)38(28,9)22-23-40/h27-31,34H,2,11-25H2,1,3-10H3,(H,41,42)/t27-,28+,29-,30+,31-,34+,37-,38+,39+,40+/m0/s1. The molecule has 0 heterocycles. The van der Waals surface area contributed by atoms with Crippen LogP contribution >= 0.6 is 0 Å². The van der Waals surface area contributed by atoms with Crippen LogP contribution in [0, 0.1) is 62.1 Å². The summed E-state index contributed by atoms with van der Waals surface area (Å²) in [5.41, 5.74) is 2.23. The van der Waals surface area contributed by atoms with Crippen molar-refractivity contribution in [1.29, 1.82) is 0 Å². The van der Waals surface area contributed by atoms with E-state index in [0.29, 0.717) is 34.0 Å². The van der Waals surface area contributed by atoms with Crippen molar-refractivity contribution < 1.29 is 19.4 Å². The molecule has 0 aliphatic heterocycles. The fourth-order valence-corrected chi connectivity index (χ4v) is 13.5. The maximum absolute atomic E-state index is 13.2. The Balaban J connectivity index is 1.39. The zero-order valence-corrected chi connectivity index (χ0v) is 29.9. The highest BCUT2D eigenvalue weighted by atomic mass is 16.5. The molecule has 5 aliphatic carbocycles. The van der Waals surface area contributed by atoms with E-state index in [4.69, 9.17) is 4.74 Å². The van der Waals surface area contributed by atoms with Crippen LogP contribution in [0.2, 0.25) is 0 Å². The van der Waals surface area contributed by atoms with Crippen molar-refractivity contribution in [3.8, 4) is 0 Å². The number of carbonyl (C=O) groups is 2. The second-order valence-corrected chi connectivity index (χ2v) is 18.9. The summed E-state index contributed by atoms with van der Waals surface area (Å²) in [6, 6.07) is 0. The summed E-state index contributed by atoms with van der Waals surface area (Å²) in [5.74, 6) is 2.45. The minimum atomic E-state index is -0.863. The van der Waals surface area contributed by atoms with E-state index in [1.165, 1.54) is 76.2 Å². The van der Waals surface area contributed by atoms with Crippen LogP contribution in [0.5, 0.6) is 0 Å². The number of carbonyl (C=O) groups excluding carboxylic acids is 1. The van der Waals surface area contributed by atoms with Crippen molar-refractivity contribution in [2.45, 2.75) is 165 Å². The van der Waals surface area contributed by atoms with Crippen LogP contribution < -0.4 is 0 Å². The average Bonchev–Trinajstić information content (AvgIpc) is 3.28. The number of unbranched alkanes of at least 4 members (excludes halogenated alkanes) is 1. The first-order valence-corrected chi connectivity index (χ1v) is 18.4. The van der Waals surface area contributed by atoms with Gasteiger partial charge in [0.2, 0.25) is 0 Å².